The second kappa shape index (κ2) is 15.3. The molecule has 0 aliphatic carbocycles. The van der Waals surface area contributed by atoms with Crippen LogP contribution in [0.15, 0.2) is 48.5 Å². The number of carbonyl (C=O) groups is 2. The van der Waals surface area contributed by atoms with E-state index in [4.69, 9.17) is 9.47 Å². The molecule has 0 fully saturated rings. The molecule has 2 rings (SSSR count). The van der Waals surface area contributed by atoms with E-state index in [1.807, 2.05) is 0 Å². The Bertz CT molecular complexity index is 1060. The first-order chi connectivity index (χ1) is 18.8. The fourth-order valence-electron chi connectivity index (χ4n) is 3.69. The van der Waals surface area contributed by atoms with Gasteiger partial charge in [-0.25, -0.2) is 9.59 Å². The van der Waals surface area contributed by atoms with Gasteiger partial charge in [-0.05, 0) is 61.7 Å². The van der Waals surface area contributed by atoms with E-state index in [0.29, 0.717) is 11.3 Å². The van der Waals surface area contributed by atoms with Gasteiger partial charge in [-0.2, -0.15) is 26.3 Å². The third-order valence-corrected chi connectivity index (χ3v) is 5.76. The van der Waals surface area contributed by atoms with Crippen molar-refractivity contribution in [1.29, 1.82) is 0 Å². The lowest BCUT2D eigenvalue weighted by atomic mass is 10.1. The number of carboxylic acids is 1. The van der Waals surface area contributed by atoms with Gasteiger partial charge in [0.05, 0.1) is 12.1 Å². The molecule has 0 radical (unpaired) electrons. The molecule has 40 heavy (non-hydrogen) atoms. The Morgan fingerprint density at radius 1 is 0.925 bits per heavy atom. The highest BCUT2D eigenvalue weighted by molar-refractivity contribution is 5.89. The number of rotatable bonds is 15. The van der Waals surface area contributed by atoms with Crippen molar-refractivity contribution in [2.24, 2.45) is 0 Å². The molecular formula is C27H32F6N2O5. The van der Waals surface area contributed by atoms with Crippen LogP contribution in [-0.2, 0) is 22.1 Å². The molecule has 2 aromatic carbocycles. The van der Waals surface area contributed by atoms with E-state index in [2.05, 4.69) is 5.32 Å². The van der Waals surface area contributed by atoms with Crippen molar-refractivity contribution in [2.75, 3.05) is 31.6 Å². The first kappa shape index (κ1) is 32.7. The molecule has 1 unspecified atom stereocenters. The molecule has 0 aromatic heterocycles. The number of alkyl halides is 6. The molecule has 2 aromatic rings. The van der Waals surface area contributed by atoms with E-state index >= 15 is 0 Å². The van der Waals surface area contributed by atoms with E-state index in [9.17, 15) is 41.0 Å². The summed E-state index contributed by atoms with van der Waals surface area (Å²) < 4.78 is 86.5. The minimum absolute atomic E-state index is 0.0268. The molecule has 2 N–H and O–H groups in total. The van der Waals surface area contributed by atoms with Gasteiger partial charge in [-0.3, -0.25) is 0 Å². The average Bonchev–Trinajstić information content (AvgIpc) is 2.87. The predicted octanol–water partition coefficient (Wildman–Crippen LogP) is 6.77. The number of hydrogen-bond donors (Lipinski definition) is 2. The maximum atomic E-state index is 12.8. The number of nitrogens with one attached hydrogen (secondary N) is 1. The Hall–Kier alpha value is -3.48. The van der Waals surface area contributed by atoms with Gasteiger partial charge in [-0.1, -0.05) is 18.6 Å². The normalized spacial score (nSPS) is 12.6. The number of hydrogen-bond acceptors (Lipinski definition) is 4. The number of halogens is 6. The fourth-order valence-corrected chi connectivity index (χ4v) is 3.69. The third-order valence-electron chi connectivity index (χ3n) is 5.76. The summed E-state index contributed by atoms with van der Waals surface area (Å²) in [6.45, 7) is 2.14. The first-order valence-electron chi connectivity index (χ1n) is 12.6. The van der Waals surface area contributed by atoms with Gasteiger partial charge in [0.1, 0.15) is 12.4 Å². The zero-order valence-corrected chi connectivity index (χ0v) is 21.9. The lowest BCUT2D eigenvalue weighted by molar-refractivity contribution is -0.150. The van der Waals surface area contributed by atoms with Crippen LogP contribution in [0.25, 0.3) is 0 Å². The Labute approximate surface area is 228 Å². The second-order valence-electron chi connectivity index (χ2n) is 8.90. The molecular weight excluding hydrogens is 546 g/mol. The highest BCUT2D eigenvalue weighted by Crippen LogP contribution is 2.30. The average molecular weight is 579 g/mol. The highest BCUT2D eigenvalue weighted by Gasteiger charge is 2.30. The number of carboxylic acid groups (broad SMARTS) is 1. The molecule has 0 aliphatic heterocycles. The molecule has 0 bridgehead atoms. The summed E-state index contributed by atoms with van der Waals surface area (Å²) in [4.78, 5) is 25.4. The van der Waals surface area contributed by atoms with Crippen LogP contribution in [0.1, 0.15) is 43.7 Å². The number of amides is 2. The Morgan fingerprint density at radius 2 is 1.57 bits per heavy atom. The van der Waals surface area contributed by atoms with Crippen molar-refractivity contribution >= 4 is 17.7 Å². The standard InChI is InChI=1S/C27H32F6N2O5/c1-2-39-23(24(36)37)18-19-6-12-22(13-7-19)40-17-16-35(15-5-3-4-14-26(28,29)30)25(38)34-21-10-8-20(9-11-21)27(31,32)33/h6-13,23H,2-5,14-18H2,1H3,(H,34,38)(H,36,37). The first-order valence-corrected chi connectivity index (χ1v) is 12.6. The summed E-state index contributed by atoms with van der Waals surface area (Å²) in [6.07, 6.45) is -10.1. The van der Waals surface area contributed by atoms with Gasteiger partial charge in [0, 0.05) is 31.7 Å². The summed E-state index contributed by atoms with van der Waals surface area (Å²) in [6, 6.07) is 9.87. The van der Waals surface area contributed by atoms with E-state index in [1.165, 1.54) is 4.90 Å². The van der Waals surface area contributed by atoms with Crippen molar-refractivity contribution in [1.82, 2.24) is 4.90 Å². The lowest BCUT2D eigenvalue weighted by Gasteiger charge is -2.23. The fraction of sp³-hybridized carbons (Fsp3) is 0.481. The van der Waals surface area contributed by atoms with Crippen LogP contribution in [0.4, 0.5) is 36.8 Å². The predicted molar refractivity (Wildman–Crippen MR) is 135 cm³/mol. The van der Waals surface area contributed by atoms with Crippen LogP contribution in [0.3, 0.4) is 0 Å². The van der Waals surface area contributed by atoms with E-state index in [0.717, 1.165) is 24.3 Å². The molecule has 7 nitrogen and oxygen atoms in total. The minimum Gasteiger partial charge on any atom is -0.492 e. The lowest BCUT2D eigenvalue weighted by Crippen LogP contribution is -2.38. The van der Waals surface area contributed by atoms with Crippen LogP contribution in [0.2, 0.25) is 0 Å². The van der Waals surface area contributed by atoms with Crippen molar-refractivity contribution in [3.8, 4) is 5.75 Å². The summed E-state index contributed by atoms with van der Waals surface area (Å²) >= 11 is 0. The molecule has 222 valence electrons. The summed E-state index contributed by atoms with van der Waals surface area (Å²) in [5, 5.41) is 11.7. The Balaban J connectivity index is 1.96. The molecule has 0 heterocycles. The van der Waals surface area contributed by atoms with E-state index in [1.54, 1.807) is 31.2 Å². The number of benzene rings is 2. The molecule has 0 saturated carbocycles. The zero-order chi connectivity index (χ0) is 29.8. The van der Waals surface area contributed by atoms with Crippen LogP contribution in [-0.4, -0.2) is 60.6 Å². The minimum atomic E-state index is -4.53. The van der Waals surface area contributed by atoms with E-state index < -0.39 is 42.4 Å². The number of anilines is 1. The monoisotopic (exact) mass is 578 g/mol. The van der Waals surface area contributed by atoms with Gasteiger partial charge in [0.25, 0.3) is 0 Å². The molecule has 2 amide bonds. The van der Waals surface area contributed by atoms with Gasteiger partial charge in [0.2, 0.25) is 0 Å². The highest BCUT2D eigenvalue weighted by atomic mass is 19.4. The number of ether oxygens (including phenoxy) is 2. The maximum absolute atomic E-state index is 12.8. The van der Waals surface area contributed by atoms with E-state index in [-0.39, 0.29) is 57.7 Å². The van der Waals surface area contributed by atoms with Gasteiger partial charge >= 0.3 is 24.4 Å². The van der Waals surface area contributed by atoms with Crippen LogP contribution in [0, 0.1) is 0 Å². The largest absolute Gasteiger partial charge is 0.492 e. The van der Waals surface area contributed by atoms with Gasteiger partial charge in [-0.15, -0.1) is 0 Å². The molecule has 0 spiro atoms. The SMILES string of the molecule is CCOC(Cc1ccc(OCCN(CCCCCC(F)(F)F)C(=O)Nc2ccc(C(F)(F)F)cc2)cc1)C(=O)O. The number of aliphatic carboxylic acids is 1. The molecule has 13 heteroatoms. The smallest absolute Gasteiger partial charge is 0.416 e. The van der Waals surface area contributed by atoms with Crippen molar-refractivity contribution in [3.63, 3.8) is 0 Å². The number of unbranched alkanes of at least 4 members (excludes halogenated alkanes) is 2. The van der Waals surface area contributed by atoms with Crippen molar-refractivity contribution < 1.29 is 50.5 Å². The molecule has 0 saturated heterocycles. The molecule has 1 atom stereocenters. The van der Waals surface area contributed by atoms with Crippen molar-refractivity contribution in [2.45, 2.75) is 57.5 Å². The van der Waals surface area contributed by atoms with Crippen LogP contribution >= 0.6 is 0 Å². The number of nitrogens with zero attached hydrogens (tertiary/aromatic N) is 1. The summed E-state index contributed by atoms with van der Waals surface area (Å²) in [7, 11) is 0. The third kappa shape index (κ3) is 12.1. The topological polar surface area (TPSA) is 88.1 Å². The number of urea groups is 1. The van der Waals surface area contributed by atoms with Crippen molar-refractivity contribution in [3.05, 3.63) is 59.7 Å². The molecule has 0 aliphatic rings. The summed E-state index contributed by atoms with van der Waals surface area (Å²) in [5.41, 5.74) is -0.0318. The van der Waals surface area contributed by atoms with Crippen LogP contribution in [0.5, 0.6) is 5.75 Å². The Kier molecular flexibility index (Phi) is 12.6. The summed E-state index contributed by atoms with van der Waals surface area (Å²) in [5.74, 6) is -0.629. The van der Waals surface area contributed by atoms with Crippen LogP contribution < -0.4 is 10.1 Å². The number of carbonyl (C=O) groups excluding carboxylic acids is 1. The maximum Gasteiger partial charge on any atom is 0.416 e. The second-order valence-corrected chi connectivity index (χ2v) is 8.90. The van der Waals surface area contributed by atoms with Gasteiger partial charge < -0.3 is 24.8 Å². The Morgan fingerprint density at radius 3 is 2.12 bits per heavy atom. The quantitative estimate of drug-likeness (QED) is 0.180. The van der Waals surface area contributed by atoms with Gasteiger partial charge in [0.15, 0.2) is 6.10 Å². The zero-order valence-electron chi connectivity index (χ0n) is 21.9.